The second-order valence-corrected chi connectivity index (χ2v) is 7.23. The summed E-state index contributed by atoms with van der Waals surface area (Å²) in [4.78, 5) is 11.7. The lowest BCUT2D eigenvalue weighted by atomic mass is 10.2. The minimum absolute atomic E-state index is 0.0133. The Bertz CT molecular complexity index is 610. The Morgan fingerprint density at radius 1 is 1.37 bits per heavy atom. The van der Waals surface area contributed by atoms with Crippen LogP contribution in [0.4, 0.5) is 5.69 Å². The van der Waals surface area contributed by atoms with E-state index in [-0.39, 0.29) is 13.2 Å². The van der Waals surface area contributed by atoms with Gasteiger partial charge in [0.25, 0.3) is 15.9 Å². The highest BCUT2D eigenvalue weighted by atomic mass is 32.2. The molecule has 0 aromatic heterocycles. The molecule has 1 aromatic rings. The van der Waals surface area contributed by atoms with Gasteiger partial charge in [0.2, 0.25) is 0 Å². The zero-order valence-electron chi connectivity index (χ0n) is 10.8. The van der Waals surface area contributed by atoms with Gasteiger partial charge in [0, 0.05) is 11.8 Å². The molecule has 2 rings (SSSR count). The van der Waals surface area contributed by atoms with Crippen molar-refractivity contribution in [2.45, 2.75) is 18.6 Å². The number of carbonyl (C=O) groups is 1. The third kappa shape index (κ3) is 2.14. The molecule has 1 amide bonds. The van der Waals surface area contributed by atoms with Crippen molar-refractivity contribution in [2.75, 3.05) is 18.9 Å². The molecule has 1 aliphatic heterocycles. The van der Waals surface area contributed by atoms with Crippen LogP contribution in [0.1, 0.15) is 13.8 Å². The van der Waals surface area contributed by atoms with E-state index >= 15 is 0 Å². The Kier molecular flexibility index (Phi) is 3.17. The lowest BCUT2D eigenvalue weighted by Gasteiger charge is -2.42. The molecule has 6 nitrogen and oxygen atoms in total. The smallest absolute Gasteiger partial charge is 0.259 e. The average molecular weight is 284 g/mol. The number of rotatable bonds is 4. The van der Waals surface area contributed by atoms with E-state index < -0.39 is 20.7 Å². The van der Waals surface area contributed by atoms with Crippen LogP contribution in [-0.4, -0.2) is 36.5 Å². The highest BCUT2D eigenvalue weighted by Gasteiger charge is 2.59. The molecular formula is C12H16N2O4S. The van der Waals surface area contributed by atoms with Crippen molar-refractivity contribution in [1.82, 2.24) is 4.31 Å². The fraction of sp³-hybridized carbons (Fsp3) is 0.417. The summed E-state index contributed by atoms with van der Waals surface area (Å²) >= 11 is 0. The molecule has 1 fully saturated rings. The van der Waals surface area contributed by atoms with Crippen LogP contribution in [-0.2, 0) is 14.8 Å². The van der Waals surface area contributed by atoms with Crippen molar-refractivity contribution in [3.63, 3.8) is 0 Å². The number of hydrogen-bond acceptors (Lipinski definition) is 5. The Labute approximate surface area is 112 Å². The highest BCUT2D eigenvalue weighted by Crippen LogP contribution is 2.34. The Balaban J connectivity index is 1.93. The van der Waals surface area contributed by atoms with Gasteiger partial charge in [0.15, 0.2) is 4.75 Å². The quantitative estimate of drug-likeness (QED) is 0.818. The molecule has 0 bridgehead atoms. The SMILES string of the molecule is CC1(C)C(=O)N(CCOc2cccc(N)c2)S1(=O)=O. The van der Waals surface area contributed by atoms with Crippen LogP contribution in [0.5, 0.6) is 5.75 Å². The van der Waals surface area contributed by atoms with E-state index in [0.717, 1.165) is 4.31 Å². The maximum atomic E-state index is 11.8. The molecule has 104 valence electrons. The van der Waals surface area contributed by atoms with Crippen LogP contribution in [0.2, 0.25) is 0 Å². The van der Waals surface area contributed by atoms with Crippen molar-refractivity contribution >= 4 is 21.6 Å². The first-order chi connectivity index (χ1) is 8.76. The molecule has 2 N–H and O–H groups in total. The normalized spacial score (nSPS) is 19.9. The Morgan fingerprint density at radius 2 is 2.05 bits per heavy atom. The maximum Gasteiger partial charge on any atom is 0.259 e. The molecule has 0 aliphatic carbocycles. The Hall–Kier alpha value is -1.76. The highest BCUT2D eigenvalue weighted by molar-refractivity contribution is 7.94. The predicted octanol–water partition coefficient (Wildman–Crippen LogP) is 0.598. The van der Waals surface area contributed by atoms with E-state index in [0.29, 0.717) is 11.4 Å². The summed E-state index contributed by atoms with van der Waals surface area (Å²) in [6, 6.07) is 6.81. The van der Waals surface area contributed by atoms with Gasteiger partial charge >= 0.3 is 0 Å². The fourth-order valence-corrected chi connectivity index (χ4v) is 3.34. The molecule has 19 heavy (non-hydrogen) atoms. The third-order valence-electron chi connectivity index (χ3n) is 3.10. The number of ether oxygens (including phenoxy) is 1. The number of amides is 1. The molecule has 0 saturated carbocycles. The van der Waals surface area contributed by atoms with Gasteiger partial charge in [-0.2, -0.15) is 0 Å². The second-order valence-electron chi connectivity index (χ2n) is 4.81. The standard InChI is InChI=1S/C12H16N2O4S/c1-12(2)11(15)14(19(12,16)17)6-7-18-10-5-3-4-9(13)8-10/h3-5,8H,6-7,13H2,1-2H3. The van der Waals surface area contributed by atoms with Crippen molar-refractivity contribution in [3.05, 3.63) is 24.3 Å². The van der Waals surface area contributed by atoms with Crippen LogP contribution in [0.3, 0.4) is 0 Å². The van der Waals surface area contributed by atoms with Gasteiger partial charge in [-0.15, -0.1) is 0 Å². The van der Waals surface area contributed by atoms with Gasteiger partial charge in [-0.25, -0.2) is 12.7 Å². The van der Waals surface area contributed by atoms with Crippen LogP contribution >= 0.6 is 0 Å². The summed E-state index contributed by atoms with van der Waals surface area (Å²) in [6.07, 6.45) is 0. The number of nitrogens with zero attached hydrogens (tertiary/aromatic N) is 1. The lowest BCUT2D eigenvalue weighted by molar-refractivity contribution is -0.132. The predicted molar refractivity (Wildman–Crippen MR) is 71.1 cm³/mol. The molecule has 1 aliphatic rings. The minimum atomic E-state index is -3.53. The zero-order valence-corrected chi connectivity index (χ0v) is 11.6. The van der Waals surface area contributed by atoms with Crippen molar-refractivity contribution in [2.24, 2.45) is 0 Å². The molecule has 0 unspecified atom stereocenters. The minimum Gasteiger partial charge on any atom is -0.492 e. The van der Waals surface area contributed by atoms with Gasteiger partial charge in [0.05, 0.1) is 6.54 Å². The number of nitrogen functional groups attached to an aromatic ring is 1. The lowest BCUT2D eigenvalue weighted by Crippen LogP contribution is -2.67. The van der Waals surface area contributed by atoms with Crippen LogP contribution in [0, 0.1) is 0 Å². The zero-order chi connectivity index (χ0) is 14.3. The molecule has 0 atom stereocenters. The van der Waals surface area contributed by atoms with Crippen LogP contribution < -0.4 is 10.5 Å². The van der Waals surface area contributed by atoms with Crippen molar-refractivity contribution in [1.29, 1.82) is 0 Å². The van der Waals surface area contributed by atoms with E-state index in [1.165, 1.54) is 13.8 Å². The number of hydrogen-bond donors (Lipinski definition) is 1. The number of nitrogens with two attached hydrogens (primary N) is 1. The summed E-state index contributed by atoms with van der Waals surface area (Å²) in [5.41, 5.74) is 6.15. The molecule has 0 radical (unpaired) electrons. The third-order valence-corrected chi connectivity index (χ3v) is 5.49. The second kappa shape index (κ2) is 4.41. The molecule has 1 heterocycles. The first kappa shape index (κ1) is 13.7. The van der Waals surface area contributed by atoms with Crippen LogP contribution in [0.25, 0.3) is 0 Å². The summed E-state index contributed by atoms with van der Waals surface area (Å²) in [5, 5.41) is 0. The molecule has 1 aromatic carbocycles. The summed E-state index contributed by atoms with van der Waals surface area (Å²) in [6.45, 7) is 2.92. The molecule has 1 saturated heterocycles. The molecule has 0 spiro atoms. The first-order valence-electron chi connectivity index (χ1n) is 5.82. The number of benzene rings is 1. The average Bonchev–Trinajstić information content (AvgIpc) is 2.33. The van der Waals surface area contributed by atoms with Gasteiger partial charge < -0.3 is 10.5 Å². The van der Waals surface area contributed by atoms with Gasteiger partial charge in [0.1, 0.15) is 12.4 Å². The number of sulfonamides is 1. The van der Waals surface area contributed by atoms with Crippen LogP contribution in [0.15, 0.2) is 24.3 Å². The van der Waals surface area contributed by atoms with E-state index in [2.05, 4.69) is 0 Å². The van der Waals surface area contributed by atoms with Gasteiger partial charge in [-0.1, -0.05) is 6.07 Å². The molecular weight excluding hydrogens is 268 g/mol. The summed E-state index contributed by atoms with van der Waals surface area (Å²) < 4.78 is 28.5. The van der Waals surface area contributed by atoms with E-state index in [1.807, 2.05) is 0 Å². The fourth-order valence-electron chi connectivity index (χ4n) is 1.83. The summed E-state index contributed by atoms with van der Waals surface area (Å²) in [5.74, 6) is 0.147. The Morgan fingerprint density at radius 3 is 2.63 bits per heavy atom. The van der Waals surface area contributed by atoms with E-state index in [1.54, 1.807) is 24.3 Å². The maximum absolute atomic E-state index is 11.8. The first-order valence-corrected chi connectivity index (χ1v) is 7.26. The molecule has 7 heteroatoms. The van der Waals surface area contributed by atoms with Gasteiger partial charge in [-0.3, -0.25) is 4.79 Å². The van der Waals surface area contributed by atoms with Crippen molar-refractivity contribution in [3.8, 4) is 5.75 Å². The largest absolute Gasteiger partial charge is 0.492 e. The van der Waals surface area contributed by atoms with Gasteiger partial charge in [-0.05, 0) is 26.0 Å². The topological polar surface area (TPSA) is 89.7 Å². The summed E-state index contributed by atoms with van der Waals surface area (Å²) in [7, 11) is -3.53. The number of carbonyl (C=O) groups excluding carboxylic acids is 1. The van der Waals surface area contributed by atoms with Crippen molar-refractivity contribution < 1.29 is 17.9 Å². The van der Waals surface area contributed by atoms with E-state index in [4.69, 9.17) is 10.5 Å². The monoisotopic (exact) mass is 284 g/mol. The number of anilines is 1. The van der Waals surface area contributed by atoms with E-state index in [9.17, 15) is 13.2 Å².